The van der Waals surface area contributed by atoms with Crippen LogP contribution in [0.25, 0.3) is 0 Å². The summed E-state index contributed by atoms with van der Waals surface area (Å²) in [5.41, 5.74) is 7.22. The van der Waals surface area contributed by atoms with Crippen molar-refractivity contribution in [2.24, 2.45) is 5.73 Å². The quantitative estimate of drug-likeness (QED) is 0.901. The minimum Gasteiger partial charge on any atom is -0.324 e. The first kappa shape index (κ1) is 13.5. The molecular weight excluding hydrogens is 291 g/mol. The highest BCUT2D eigenvalue weighted by Gasteiger charge is 2.13. The van der Waals surface area contributed by atoms with Gasteiger partial charge in [-0.15, -0.1) is 0 Å². The van der Waals surface area contributed by atoms with E-state index < -0.39 is 6.04 Å². The summed E-state index contributed by atoms with van der Waals surface area (Å²) in [7, 11) is 0. The molecule has 16 heavy (non-hydrogen) atoms. The van der Waals surface area contributed by atoms with Crippen molar-refractivity contribution in [3.63, 3.8) is 0 Å². The second-order valence-corrected chi connectivity index (χ2v) is 4.85. The first-order valence-corrected chi connectivity index (χ1v) is 6.15. The van der Waals surface area contributed by atoms with Crippen LogP contribution in [0.5, 0.6) is 0 Å². The summed E-state index contributed by atoms with van der Waals surface area (Å²) < 4.78 is 0.797. The predicted molar refractivity (Wildman–Crippen MR) is 70.8 cm³/mol. The van der Waals surface area contributed by atoms with Gasteiger partial charge in [-0.2, -0.15) is 0 Å². The van der Waals surface area contributed by atoms with Gasteiger partial charge in [-0.25, -0.2) is 0 Å². The van der Waals surface area contributed by atoms with Crippen molar-refractivity contribution in [3.05, 3.63) is 27.2 Å². The van der Waals surface area contributed by atoms with Gasteiger partial charge >= 0.3 is 0 Å². The number of amides is 1. The zero-order valence-electron chi connectivity index (χ0n) is 9.18. The van der Waals surface area contributed by atoms with E-state index in [2.05, 4.69) is 21.2 Å². The maximum absolute atomic E-state index is 11.6. The number of benzene rings is 1. The van der Waals surface area contributed by atoms with E-state index >= 15 is 0 Å². The third-order valence-electron chi connectivity index (χ3n) is 2.28. The lowest BCUT2D eigenvalue weighted by molar-refractivity contribution is -0.117. The molecule has 1 amide bonds. The van der Waals surface area contributed by atoms with Crippen LogP contribution < -0.4 is 11.1 Å². The highest BCUT2D eigenvalue weighted by atomic mass is 79.9. The van der Waals surface area contributed by atoms with Crippen LogP contribution in [0, 0.1) is 6.92 Å². The minimum atomic E-state index is -0.494. The molecule has 1 atom stereocenters. The van der Waals surface area contributed by atoms with Crippen molar-refractivity contribution in [2.75, 3.05) is 5.32 Å². The third-order valence-corrected chi connectivity index (χ3v) is 3.35. The highest BCUT2D eigenvalue weighted by molar-refractivity contribution is 9.10. The Kier molecular flexibility index (Phi) is 4.77. The molecule has 0 unspecified atom stereocenters. The second-order valence-electron chi connectivity index (χ2n) is 3.59. The first-order valence-electron chi connectivity index (χ1n) is 4.97. The number of rotatable bonds is 3. The lowest BCUT2D eigenvalue weighted by atomic mass is 10.2. The van der Waals surface area contributed by atoms with E-state index in [-0.39, 0.29) is 5.91 Å². The minimum absolute atomic E-state index is 0.205. The topological polar surface area (TPSA) is 55.1 Å². The van der Waals surface area contributed by atoms with Gasteiger partial charge < -0.3 is 11.1 Å². The van der Waals surface area contributed by atoms with Gasteiger partial charge in [0.05, 0.1) is 11.7 Å². The van der Waals surface area contributed by atoms with E-state index in [1.165, 1.54) is 0 Å². The molecule has 3 nitrogen and oxygen atoms in total. The number of aryl methyl sites for hydroxylation is 1. The fourth-order valence-electron chi connectivity index (χ4n) is 1.15. The average Bonchev–Trinajstić information content (AvgIpc) is 2.24. The molecule has 0 aliphatic rings. The molecule has 3 N–H and O–H groups in total. The van der Waals surface area contributed by atoms with Gasteiger partial charge in [0.2, 0.25) is 5.91 Å². The van der Waals surface area contributed by atoms with Gasteiger partial charge in [0, 0.05) is 9.50 Å². The number of halogens is 2. The zero-order valence-corrected chi connectivity index (χ0v) is 11.5. The van der Waals surface area contributed by atoms with Crippen LogP contribution in [0.3, 0.4) is 0 Å². The van der Waals surface area contributed by atoms with Crippen LogP contribution in [0.2, 0.25) is 5.02 Å². The molecule has 1 aromatic carbocycles. The normalized spacial score (nSPS) is 12.3. The average molecular weight is 306 g/mol. The maximum atomic E-state index is 11.6. The largest absolute Gasteiger partial charge is 0.324 e. The van der Waals surface area contributed by atoms with E-state index in [1.807, 2.05) is 19.9 Å². The van der Waals surface area contributed by atoms with Crippen molar-refractivity contribution >= 4 is 39.1 Å². The first-order chi connectivity index (χ1) is 7.45. The lowest BCUT2D eigenvalue weighted by Gasteiger charge is -2.12. The van der Waals surface area contributed by atoms with Crippen LogP contribution in [-0.4, -0.2) is 11.9 Å². The van der Waals surface area contributed by atoms with Crippen molar-refractivity contribution in [1.82, 2.24) is 0 Å². The van der Waals surface area contributed by atoms with E-state index in [4.69, 9.17) is 17.3 Å². The summed E-state index contributed by atoms with van der Waals surface area (Å²) in [6.45, 7) is 3.76. The molecule has 0 saturated carbocycles. The fraction of sp³-hybridized carbons (Fsp3) is 0.364. The van der Waals surface area contributed by atoms with Gasteiger partial charge in [0.1, 0.15) is 0 Å². The van der Waals surface area contributed by atoms with E-state index in [9.17, 15) is 4.79 Å². The highest BCUT2D eigenvalue weighted by Crippen LogP contribution is 2.29. The number of carbonyl (C=O) groups excluding carboxylic acids is 1. The van der Waals surface area contributed by atoms with Crippen molar-refractivity contribution in [1.29, 1.82) is 0 Å². The number of nitrogens with two attached hydrogens (primary N) is 1. The number of anilines is 1. The van der Waals surface area contributed by atoms with E-state index in [0.29, 0.717) is 17.1 Å². The second kappa shape index (κ2) is 5.66. The smallest absolute Gasteiger partial charge is 0.241 e. The summed E-state index contributed by atoms with van der Waals surface area (Å²) in [6.07, 6.45) is 0.600. The van der Waals surface area contributed by atoms with Gasteiger partial charge in [0.15, 0.2) is 0 Å². The molecule has 1 aromatic rings. The summed E-state index contributed by atoms with van der Waals surface area (Å²) in [4.78, 5) is 11.6. The molecule has 0 bridgehead atoms. The molecule has 0 spiro atoms. The zero-order chi connectivity index (χ0) is 12.3. The Labute approximate surface area is 108 Å². The summed E-state index contributed by atoms with van der Waals surface area (Å²) in [5, 5.41) is 3.35. The Morgan fingerprint density at radius 1 is 1.62 bits per heavy atom. The molecule has 0 radical (unpaired) electrons. The van der Waals surface area contributed by atoms with Gasteiger partial charge in [-0.1, -0.05) is 18.5 Å². The Morgan fingerprint density at radius 2 is 2.25 bits per heavy atom. The Bertz CT molecular complexity index is 409. The van der Waals surface area contributed by atoms with Gasteiger partial charge in [-0.05, 0) is 47.0 Å². The molecule has 0 aromatic heterocycles. The van der Waals surface area contributed by atoms with Crippen LogP contribution in [0.15, 0.2) is 16.6 Å². The number of hydrogen-bond acceptors (Lipinski definition) is 2. The summed E-state index contributed by atoms with van der Waals surface area (Å²) in [6, 6.07) is 3.07. The van der Waals surface area contributed by atoms with Gasteiger partial charge in [0.25, 0.3) is 0 Å². The molecule has 5 heteroatoms. The standard InChI is InChI=1S/C11H14BrClN2O/c1-3-9(14)11(16)15-10-5-8(13)6(2)4-7(10)12/h4-5,9H,3,14H2,1-2H3,(H,15,16)/t9-/m0/s1. The van der Waals surface area contributed by atoms with Crippen molar-refractivity contribution in [3.8, 4) is 0 Å². The molecule has 0 aliphatic heterocycles. The SMILES string of the molecule is CC[C@H](N)C(=O)Nc1cc(Cl)c(C)cc1Br. The number of hydrogen-bond donors (Lipinski definition) is 2. The van der Waals surface area contributed by atoms with E-state index in [0.717, 1.165) is 10.0 Å². The van der Waals surface area contributed by atoms with Crippen molar-refractivity contribution < 1.29 is 4.79 Å². The Morgan fingerprint density at radius 3 is 2.81 bits per heavy atom. The molecule has 1 rings (SSSR count). The Balaban J connectivity index is 2.90. The number of carbonyl (C=O) groups is 1. The monoisotopic (exact) mass is 304 g/mol. The van der Waals surface area contributed by atoms with Gasteiger partial charge in [-0.3, -0.25) is 4.79 Å². The van der Waals surface area contributed by atoms with Crippen LogP contribution in [0.1, 0.15) is 18.9 Å². The van der Waals surface area contributed by atoms with E-state index in [1.54, 1.807) is 6.07 Å². The summed E-state index contributed by atoms with van der Waals surface area (Å²) in [5.74, 6) is -0.205. The third kappa shape index (κ3) is 3.20. The van der Waals surface area contributed by atoms with Crippen molar-refractivity contribution in [2.45, 2.75) is 26.3 Å². The molecule has 88 valence electrons. The molecule has 0 saturated heterocycles. The van der Waals surface area contributed by atoms with Crippen LogP contribution in [-0.2, 0) is 4.79 Å². The molecule has 0 fully saturated rings. The fourth-order valence-corrected chi connectivity index (χ4v) is 1.87. The van der Waals surface area contributed by atoms with Crippen LogP contribution in [0.4, 0.5) is 5.69 Å². The molecule has 0 aliphatic carbocycles. The predicted octanol–water partition coefficient (Wildman–Crippen LogP) is 3.09. The van der Waals surface area contributed by atoms with Crippen LogP contribution >= 0.6 is 27.5 Å². The molecular formula is C11H14BrClN2O. The summed E-state index contributed by atoms with van der Waals surface area (Å²) >= 11 is 9.35. The Hall–Kier alpha value is -0.580. The maximum Gasteiger partial charge on any atom is 0.241 e. The lowest BCUT2D eigenvalue weighted by Crippen LogP contribution is -2.34. The molecule has 0 heterocycles. The number of nitrogens with one attached hydrogen (secondary N) is 1.